The van der Waals surface area contributed by atoms with Crippen molar-refractivity contribution >= 4 is 5.97 Å². The van der Waals surface area contributed by atoms with Gasteiger partial charge in [-0.3, -0.25) is 4.79 Å². The molecule has 0 aromatic rings. The van der Waals surface area contributed by atoms with Crippen LogP contribution in [-0.4, -0.2) is 34.9 Å². The van der Waals surface area contributed by atoms with E-state index in [1.165, 1.54) is 14.0 Å². The van der Waals surface area contributed by atoms with Crippen LogP contribution in [0.4, 0.5) is 0 Å². The minimum absolute atomic E-state index is 0.162. The van der Waals surface area contributed by atoms with Gasteiger partial charge in [0.25, 0.3) is 0 Å². The lowest BCUT2D eigenvalue weighted by molar-refractivity contribution is -0.146. The monoisotopic (exact) mass is 133 g/mol. The smallest absolute Gasteiger partial charge is 0.307 e. The van der Waals surface area contributed by atoms with Gasteiger partial charge in [0.15, 0.2) is 0 Å². The zero-order chi connectivity index (χ0) is 7.44. The summed E-state index contributed by atoms with van der Waals surface area (Å²) in [7, 11) is 1.42. The van der Waals surface area contributed by atoms with Crippen molar-refractivity contribution in [3.8, 4) is 0 Å². The third-order valence-electron chi connectivity index (χ3n) is 0.960. The van der Waals surface area contributed by atoms with Crippen LogP contribution in [0, 0.1) is 5.92 Å². The van der Waals surface area contributed by atoms with Crippen molar-refractivity contribution in [2.75, 3.05) is 13.6 Å². The standard InChI is InChI=1S/C5H11NO3/c1-4(5(7)8)3-6(2)9/h4,9H,3H2,1-2H3,(H,7,8). The SMILES string of the molecule is CC(CN(C)O)C(=O)O. The van der Waals surface area contributed by atoms with Crippen LogP contribution >= 0.6 is 0 Å². The first kappa shape index (κ1) is 8.39. The number of hydrogen-bond acceptors (Lipinski definition) is 3. The molecule has 0 radical (unpaired) electrons. The van der Waals surface area contributed by atoms with E-state index in [1.54, 1.807) is 0 Å². The molecule has 0 aromatic heterocycles. The molecule has 2 N–H and O–H groups in total. The van der Waals surface area contributed by atoms with Gasteiger partial charge in [0.05, 0.1) is 5.92 Å². The molecule has 1 atom stereocenters. The number of carboxylic acid groups (broad SMARTS) is 1. The van der Waals surface area contributed by atoms with Crippen molar-refractivity contribution in [3.05, 3.63) is 0 Å². The molecule has 0 aliphatic rings. The topological polar surface area (TPSA) is 60.8 Å². The Bertz CT molecular complexity index is 102. The molecule has 0 rings (SSSR count). The van der Waals surface area contributed by atoms with E-state index in [0.717, 1.165) is 5.06 Å². The normalized spacial score (nSPS) is 13.8. The lowest BCUT2D eigenvalue weighted by Gasteiger charge is -2.10. The third-order valence-corrected chi connectivity index (χ3v) is 0.960. The summed E-state index contributed by atoms with van der Waals surface area (Å²) in [5.74, 6) is -1.41. The Hall–Kier alpha value is -0.610. The summed E-state index contributed by atoms with van der Waals surface area (Å²) in [5.41, 5.74) is 0. The van der Waals surface area contributed by atoms with E-state index in [9.17, 15) is 4.79 Å². The Labute approximate surface area is 53.7 Å². The lowest BCUT2D eigenvalue weighted by Crippen LogP contribution is -2.25. The highest BCUT2D eigenvalue weighted by Crippen LogP contribution is 1.94. The molecule has 0 fully saturated rings. The van der Waals surface area contributed by atoms with E-state index in [0.29, 0.717) is 0 Å². The molecule has 0 aliphatic carbocycles. The largest absolute Gasteiger partial charge is 0.481 e. The number of carbonyl (C=O) groups is 1. The summed E-state index contributed by atoms with van der Waals surface area (Å²) in [6.07, 6.45) is 0. The quantitative estimate of drug-likeness (QED) is 0.533. The van der Waals surface area contributed by atoms with Gasteiger partial charge in [-0.1, -0.05) is 6.92 Å². The van der Waals surface area contributed by atoms with Crippen molar-refractivity contribution in [2.45, 2.75) is 6.92 Å². The summed E-state index contributed by atoms with van der Waals surface area (Å²) in [4.78, 5) is 10.1. The lowest BCUT2D eigenvalue weighted by atomic mass is 10.2. The predicted molar refractivity (Wildman–Crippen MR) is 31.2 cm³/mol. The van der Waals surface area contributed by atoms with E-state index in [-0.39, 0.29) is 6.54 Å². The first-order valence-electron chi connectivity index (χ1n) is 2.67. The molecule has 1 unspecified atom stereocenters. The van der Waals surface area contributed by atoms with Gasteiger partial charge >= 0.3 is 5.97 Å². The minimum Gasteiger partial charge on any atom is -0.481 e. The fourth-order valence-electron chi connectivity index (χ4n) is 0.474. The van der Waals surface area contributed by atoms with Crippen molar-refractivity contribution in [1.29, 1.82) is 0 Å². The predicted octanol–water partition coefficient (Wildman–Crippen LogP) is 0.0281. The van der Waals surface area contributed by atoms with Crippen LogP contribution in [0.2, 0.25) is 0 Å². The summed E-state index contributed by atoms with van der Waals surface area (Å²) in [5, 5.41) is 17.7. The highest BCUT2D eigenvalue weighted by molar-refractivity contribution is 5.69. The molecule has 0 heterocycles. The molecule has 9 heavy (non-hydrogen) atoms. The summed E-state index contributed by atoms with van der Waals surface area (Å²) in [6, 6.07) is 0. The second kappa shape index (κ2) is 3.42. The number of hydroxylamine groups is 2. The highest BCUT2D eigenvalue weighted by Gasteiger charge is 2.11. The number of hydrogen-bond donors (Lipinski definition) is 2. The second-order valence-electron chi connectivity index (χ2n) is 2.08. The van der Waals surface area contributed by atoms with Crippen LogP contribution in [0.3, 0.4) is 0 Å². The van der Waals surface area contributed by atoms with Crippen molar-refractivity contribution < 1.29 is 15.1 Å². The van der Waals surface area contributed by atoms with E-state index < -0.39 is 11.9 Å². The Morgan fingerprint density at radius 1 is 1.78 bits per heavy atom. The molecule has 54 valence electrons. The molecule has 4 nitrogen and oxygen atoms in total. The van der Waals surface area contributed by atoms with Crippen molar-refractivity contribution in [1.82, 2.24) is 5.06 Å². The van der Waals surface area contributed by atoms with E-state index in [2.05, 4.69) is 0 Å². The molecule has 0 aliphatic heterocycles. The number of nitrogens with zero attached hydrogens (tertiary/aromatic N) is 1. The molecule has 0 bridgehead atoms. The zero-order valence-corrected chi connectivity index (χ0v) is 5.53. The maximum Gasteiger partial charge on any atom is 0.307 e. The average molecular weight is 133 g/mol. The molecule has 0 amide bonds. The van der Waals surface area contributed by atoms with Gasteiger partial charge in [-0.2, -0.15) is 5.06 Å². The molecular formula is C5H11NO3. The van der Waals surface area contributed by atoms with E-state index in [1.807, 2.05) is 0 Å². The van der Waals surface area contributed by atoms with Gasteiger partial charge in [-0.05, 0) is 0 Å². The molecule has 4 heteroatoms. The maximum absolute atomic E-state index is 10.1. The van der Waals surface area contributed by atoms with Crippen LogP contribution < -0.4 is 0 Å². The molecule has 0 aromatic carbocycles. The van der Waals surface area contributed by atoms with E-state index >= 15 is 0 Å². The van der Waals surface area contributed by atoms with Gasteiger partial charge in [0, 0.05) is 13.6 Å². The molecule has 0 saturated carbocycles. The summed E-state index contributed by atoms with van der Waals surface area (Å²) >= 11 is 0. The van der Waals surface area contributed by atoms with E-state index in [4.69, 9.17) is 10.3 Å². The van der Waals surface area contributed by atoms with Gasteiger partial charge in [-0.25, -0.2) is 0 Å². The fourth-order valence-corrected chi connectivity index (χ4v) is 0.474. The van der Waals surface area contributed by atoms with Crippen LogP contribution in [0.5, 0.6) is 0 Å². The number of aliphatic carboxylic acids is 1. The Balaban J connectivity index is 3.50. The highest BCUT2D eigenvalue weighted by atomic mass is 16.5. The second-order valence-corrected chi connectivity index (χ2v) is 2.08. The Morgan fingerprint density at radius 2 is 2.22 bits per heavy atom. The van der Waals surface area contributed by atoms with Crippen LogP contribution in [0.25, 0.3) is 0 Å². The average Bonchev–Trinajstić information content (AvgIpc) is 1.63. The van der Waals surface area contributed by atoms with Gasteiger partial charge < -0.3 is 10.3 Å². The summed E-state index contributed by atoms with van der Waals surface area (Å²) in [6.45, 7) is 1.70. The molecule has 0 saturated heterocycles. The molecular weight excluding hydrogens is 122 g/mol. The number of carboxylic acids is 1. The fraction of sp³-hybridized carbons (Fsp3) is 0.800. The first-order chi connectivity index (χ1) is 4.04. The Morgan fingerprint density at radius 3 is 2.33 bits per heavy atom. The Kier molecular flexibility index (Phi) is 3.19. The maximum atomic E-state index is 10.1. The summed E-state index contributed by atoms with van der Waals surface area (Å²) < 4.78 is 0. The zero-order valence-electron chi connectivity index (χ0n) is 5.53. The van der Waals surface area contributed by atoms with Crippen molar-refractivity contribution in [3.63, 3.8) is 0 Å². The van der Waals surface area contributed by atoms with Crippen molar-refractivity contribution in [2.24, 2.45) is 5.92 Å². The van der Waals surface area contributed by atoms with Gasteiger partial charge in [-0.15, -0.1) is 0 Å². The van der Waals surface area contributed by atoms with Gasteiger partial charge in [0.2, 0.25) is 0 Å². The third kappa shape index (κ3) is 3.93. The molecule has 0 spiro atoms. The van der Waals surface area contributed by atoms with Crippen LogP contribution in [0.15, 0.2) is 0 Å². The van der Waals surface area contributed by atoms with Crippen LogP contribution in [-0.2, 0) is 4.79 Å². The van der Waals surface area contributed by atoms with Crippen LogP contribution in [0.1, 0.15) is 6.92 Å². The van der Waals surface area contributed by atoms with Gasteiger partial charge in [0.1, 0.15) is 0 Å². The first-order valence-corrected chi connectivity index (χ1v) is 2.67. The minimum atomic E-state index is -0.893. The number of rotatable bonds is 3.